The molecule has 3 fully saturated rings. The van der Waals surface area contributed by atoms with Crippen molar-refractivity contribution in [1.29, 1.82) is 0 Å². The highest BCUT2D eigenvalue weighted by Gasteiger charge is 2.68. The van der Waals surface area contributed by atoms with Crippen LogP contribution in [0.1, 0.15) is 19.3 Å². The summed E-state index contributed by atoms with van der Waals surface area (Å²) in [6, 6.07) is 17.0. The first kappa shape index (κ1) is 18.8. The molecule has 2 N–H and O–H groups in total. The number of benzene rings is 2. The minimum Gasteiger partial charge on any atom is -0.456 e. The topological polar surface area (TPSA) is 91.7 Å². The van der Waals surface area contributed by atoms with Crippen LogP contribution < -0.4 is 10.6 Å². The highest BCUT2D eigenvalue weighted by molar-refractivity contribution is 7.82. The molecule has 3 heterocycles. The van der Waals surface area contributed by atoms with Gasteiger partial charge in [-0.1, -0.05) is 18.2 Å². The van der Waals surface area contributed by atoms with E-state index in [1.165, 1.54) is 0 Å². The standard InChI is InChI=1S/C23H21N3O4S/c27-20-23(25-21(28)24-20)11-3-10-22(23)13-26(14-22)31(29)17-8-6-15(7-9-17)19-12-16-4-1-2-5-18(16)30-19/h1-2,4-9,12H,3,10-11,13-14H2,(H2,24,25,27,28). The Labute approximate surface area is 181 Å². The van der Waals surface area contributed by atoms with E-state index >= 15 is 0 Å². The molecule has 8 heteroatoms. The molecule has 6 rings (SSSR count). The summed E-state index contributed by atoms with van der Waals surface area (Å²) in [5.74, 6) is 0.535. The minimum absolute atomic E-state index is 0.240. The van der Waals surface area contributed by atoms with Gasteiger partial charge in [0.2, 0.25) is 0 Å². The molecule has 2 unspecified atom stereocenters. The smallest absolute Gasteiger partial charge is 0.322 e. The average molecular weight is 436 g/mol. The van der Waals surface area contributed by atoms with Crippen LogP contribution in [0.5, 0.6) is 0 Å². The summed E-state index contributed by atoms with van der Waals surface area (Å²) in [5.41, 5.74) is 0.574. The lowest BCUT2D eigenvalue weighted by Gasteiger charge is -2.53. The Balaban J connectivity index is 1.20. The molecule has 2 aromatic carbocycles. The van der Waals surface area contributed by atoms with Crippen LogP contribution in [-0.4, -0.2) is 39.1 Å². The second kappa shape index (κ2) is 6.51. The van der Waals surface area contributed by atoms with E-state index < -0.39 is 22.6 Å². The molecule has 0 bridgehead atoms. The Kier molecular flexibility index (Phi) is 3.94. The number of para-hydroxylation sites is 1. The number of hydrogen-bond donors (Lipinski definition) is 2. The third-order valence-corrected chi connectivity index (χ3v) is 8.42. The predicted octanol–water partition coefficient (Wildman–Crippen LogP) is 3.19. The molecule has 2 aliphatic heterocycles. The minimum atomic E-state index is -1.32. The molecule has 3 aromatic rings. The summed E-state index contributed by atoms with van der Waals surface area (Å²) >= 11 is 0. The highest BCUT2D eigenvalue weighted by Crippen LogP contribution is 2.54. The third-order valence-electron chi connectivity index (χ3n) is 7.01. The number of hydrogen-bond acceptors (Lipinski definition) is 4. The Hall–Kier alpha value is -2.97. The zero-order valence-corrected chi connectivity index (χ0v) is 17.5. The van der Waals surface area contributed by atoms with Gasteiger partial charge >= 0.3 is 6.03 Å². The van der Waals surface area contributed by atoms with Crippen molar-refractivity contribution < 1.29 is 18.2 Å². The summed E-state index contributed by atoms with van der Waals surface area (Å²) in [5, 5.41) is 6.31. The molecule has 3 aliphatic rings. The lowest BCUT2D eigenvalue weighted by Crippen LogP contribution is -2.70. The summed E-state index contributed by atoms with van der Waals surface area (Å²) in [6.45, 7) is 1.05. The fraction of sp³-hybridized carbons (Fsp3) is 0.304. The molecule has 2 saturated heterocycles. The number of carbonyl (C=O) groups is 2. The van der Waals surface area contributed by atoms with E-state index in [-0.39, 0.29) is 11.3 Å². The Morgan fingerprint density at radius 1 is 1.00 bits per heavy atom. The number of rotatable bonds is 3. The van der Waals surface area contributed by atoms with Crippen LogP contribution in [0.2, 0.25) is 0 Å². The molecule has 0 radical (unpaired) electrons. The van der Waals surface area contributed by atoms with Crippen molar-refractivity contribution in [3.8, 4) is 11.3 Å². The summed E-state index contributed by atoms with van der Waals surface area (Å²) in [7, 11) is -1.32. The van der Waals surface area contributed by atoms with Gasteiger partial charge in [-0.15, -0.1) is 0 Å². The maximum Gasteiger partial charge on any atom is 0.322 e. The fourth-order valence-corrected chi connectivity index (χ4v) is 6.79. The van der Waals surface area contributed by atoms with Gasteiger partial charge in [0, 0.05) is 29.5 Å². The van der Waals surface area contributed by atoms with Gasteiger partial charge in [-0.05, 0) is 55.7 Å². The van der Waals surface area contributed by atoms with Crippen molar-refractivity contribution in [2.75, 3.05) is 13.1 Å². The predicted molar refractivity (Wildman–Crippen MR) is 115 cm³/mol. The number of furan rings is 1. The molecule has 2 atom stereocenters. The third kappa shape index (κ3) is 2.64. The van der Waals surface area contributed by atoms with Crippen LogP contribution in [-0.2, 0) is 15.8 Å². The molecule has 1 aromatic heterocycles. The van der Waals surface area contributed by atoms with Crippen LogP contribution in [0, 0.1) is 5.41 Å². The summed E-state index contributed by atoms with van der Waals surface area (Å²) < 4.78 is 20.9. The zero-order chi connectivity index (χ0) is 21.2. The number of nitrogens with one attached hydrogen (secondary N) is 2. The molecule has 7 nitrogen and oxygen atoms in total. The van der Waals surface area contributed by atoms with Crippen LogP contribution in [0.4, 0.5) is 4.79 Å². The highest BCUT2D eigenvalue weighted by atomic mass is 32.2. The largest absolute Gasteiger partial charge is 0.456 e. The number of amides is 3. The van der Waals surface area contributed by atoms with Gasteiger partial charge in [0.05, 0.1) is 4.90 Å². The van der Waals surface area contributed by atoms with Gasteiger partial charge in [-0.3, -0.25) is 10.1 Å². The van der Waals surface area contributed by atoms with Gasteiger partial charge in [0.25, 0.3) is 5.91 Å². The van der Waals surface area contributed by atoms with E-state index in [0.717, 1.165) is 35.1 Å². The molecule has 2 spiro atoms. The maximum absolute atomic E-state index is 13.1. The van der Waals surface area contributed by atoms with Gasteiger partial charge in [0.15, 0.2) is 0 Å². The van der Waals surface area contributed by atoms with Crippen molar-refractivity contribution in [3.05, 3.63) is 54.6 Å². The Morgan fingerprint density at radius 2 is 1.77 bits per heavy atom. The quantitative estimate of drug-likeness (QED) is 0.618. The van der Waals surface area contributed by atoms with E-state index in [0.29, 0.717) is 24.4 Å². The van der Waals surface area contributed by atoms with Crippen molar-refractivity contribution in [1.82, 2.24) is 14.9 Å². The first-order valence-electron chi connectivity index (χ1n) is 10.4. The van der Waals surface area contributed by atoms with Crippen LogP contribution in [0.3, 0.4) is 0 Å². The SMILES string of the molecule is O=C1NC(=O)C2(CCCC23CN(S(=O)c2ccc(-c4cc5ccccc5o4)cc2)C3)N1. The van der Waals surface area contributed by atoms with Crippen LogP contribution in [0.15, 0.2) is 63.9 Å². The second-order valence-corrected chi connectivity index (χ2v) is 10.2. The molecular formula is C23H21N3O4S. The number of urea groups is 1. The normalized spacial score (nSPS) is 25.7. The van der Waals surface area contributed by atoms with E-state index in [2.05, 4.69) is 10.6 Å². The lowest BCUT2D eigenvalue weighted by atomic mass is 9.67. The molecular weight excluding hydrogens is 414 g/mol. The molecule has 1 saturated carbocycles. The van der Waals surface area contributed by atoms with Crippen molar-refractivity contribution >= 4 is 33.9 Å². The van der Waals surface area contributed by atoms with Crippen molar-refractivity contribution in [2.45, 2.75) is 29.7 Å². The van der Waals surface area contributed by atoms with Gasteiger partial charge in [0.1, 0.15) is 27.9 Å². The first-order chi connectivity index (χ1) is 15.0. The lowest BCUT2D eigenvalue weighted by molar-refractivity contribution is -0.131. The van der Waals surface area contributed by atoms with Crippen molar-refractivity contribution in [3.63, 3.8) is 0 Å². The van der Waals surface area contributed by atoms with Crippen molar-refractivity contribution in [2.24, 2.45) is 5.41 Å². The zero-order valence-electron chi connectivity index (χ0n) is 16.7. The maximum atomic E-state index is 13.1. The molecule has 31 heavy (non-hydrogen) atoms. The molecule has 158 valence electrons. The van der Waals surface area contributed by atoms with E-state index in [9.17, 15) is 13.8 Å². The Morgan fingerprint density at radius 3 is 2.48 bits per heavy atom. The van der Waals surface area contributed by atoms with Crippen LogP contribution >= 0.6 is 0 Å². The summed E-state index contributed by atoms with van der Waals surface area (Å²) in [4.78, 5) is 25.0. The number of imide groups is 1. The van der Waals surface area contributed by atoms with Gasteiger partial charge in [-0.25, -0.2) is 13.3 Å². The summed E-state index contributed by atoms with van der Waals surface area (Å²) in [6.07, 6.45) is 2.36. The van der Waals surface area contributed by atoms with E-state index in [1.54, 1.807) is 0 Å². The molecule has 1 aliphatic carbocycles. The van der Waals surface area contributed by atoms with Crippen LogP contribution in [0.25, 0.3) is 22.3 Å². The fourth-order valence-electron chi connectivity index (χ4n) is 5.39. The number of nitrogens with zero attached hydrogens (tertiary/aromatic N) is 1. The first-order valence-corrected chi connectivity index (χ1v) is 11.5. The monoisotopic (exact) mass is 435 g/mol. The number of carbonyl (C=O) groups excluding carboxylic acids is 2. The van der Waals surface area contributed by atoms with E-state index in [1.807, 2.05) is 58.9 Å². The van der Waals surface area contributed by atoms with Gasteiger partial charge < -0.3 is 9.73 Å². The van der Waals surface area contributed by atoms with Gasteiger partial charge in [-0.2, -0.15) is 0 Å². The molecule has 3 amide bonds. The number of fused-ring (bicyclic) bond motifs is 2. The average Bonchev–Trinajstić information content (AvgIpc) is 3.42. The Bertz CT molecular complexity index is 1210. The second-order valence-electron chi connectivity index (χ2n) is 8.67. The van der Waals surface area contributed by atoms with E-state index in [4.69, 9.17) is 4.42 Å².